The van der Waals surface area contributed by atoms with E-state index in [1.807, 2.05) is 19.2 Å². The molecule has 0 aromatic heterocycles. The van der Waals surface area contributed by atoms with Gasteiger partial charge in [-0.1, -0.05) is 36.0 Å². The van der Waals surface area contributed by atoms with E-state index in [2.05, 4.69) is 49.5 Å². The van der Waals surface area contributed by atoms with Crippen LogP contribution in [0.4, 0.5) is 0 Å². The monoisotopic (exact) mass is 287 g/mol. The van der Waals surface area contributed by atoms with Gasteiger partial charge >= 0.3 is 0 Å². The van der Waals surface area contributed by atoms with Crippen molar-refractivity contribution in [1.82, 2.24) is 5.32 Å². The zero-order chi connectivity index (χ0) is 14.5. The Morgan fingerprint density at radius 1 is 1.05 bits per heavy atom. The van der Waals surface area contributed by atoms with Crippen molar-refractivity contribution in [2.45, 2.75) is 29.7 Å². The molecule has 0 aliphatic carbocycles. The van der Waals surface area contributed by atoms with E-state index in [1.54, 1.807) is 18.9 Å². The molecule has 0 fully saturated rings. The standard InChI is InChI=1S/C17H21NOS/c1-12-8-5-6-10-15(12)20-16-11-7-9-14(19-4)17(16)13(2)18-3/h5-11,13,18H,1-4H3. The van der Waals surface area contributed by atoms with E-state index in [0.717, 1.165) is 5.75 Å². The van der Waals surface area contributed by atoms with Crippen molar-refractivity contribution in [3.05, 3.63) is 53.6 Å². The van der Waals surface area contributed by atoms with Gasteiger partial charge in [-0.15, -0.1) is 0 Å². The van der Waals surface area contributed by atoms with Gasteiger partial charge in [0.2, 0.25) is 0 Å². The molecule has 0 spiro atoms. The average molecular weight is 287 g/mol. The fourth-order valence-electron chi connectivity index (χ4n) is 2.15. The maximum Gasteiger partial charge on any atom is 0.124 e. The highest BCUT2D eigenvalue weighted by molar-refractivity contribution is 7.99. The lowest BCUT2D eigenvalue weighted by Gasteiger charge is -2.19. The largest absolute Gasteiger partial charge is 0.496 e. The van der Waals surface area contributed by atoms with Gasteiger partial charge in [0.25, 0.3) is 0 Å². The van der Waals surface area contributed by atoms with Crippen LogP contribution in [0.1, 0.15) is 24.1 Å². The summed E-state index contributed by atoms with van der Waals surface area (Å²) in [6.45, 7) is 4.30. The molecule has 0 saturated heterocycles. The van der Waals surface area contributed by atoms with E-state index in [-0.39, 0.29) is 6.04 Å². The molecule has 2 rings (SSSR count). The Morgan fingerprint density at radius 3 is 2.40 bits per heavy atom. The number of benzene rings is 2. The van der Waals surface area contributed by atoms with Crippen LogP contribution in [0.15, 0.2) is 52.3 Å². The first-order chi connectivity index (χ1) is 9.67. The van der Waals surface area contributed by atoms with Crippen LogP contribution in [-0.4, -0.2) is 14.2 Å². The van der Waals surface area contributed by atoms with Crippen molar-refractivity contribution in [3.63, 3.8) is 0 Å². The summed E-state index contributed by atoms with van der Waals surface area (Å²) in [5.41, 5.74) is 2.51. The number of hydrogen-bond donors (Lipinski definition) is 1. The predicted octanol–water partition coefficient (Wildman–Crippen LogP) is 4.44. The van der Waals surface area contributed by atoms with Gasteiger partial charge < -0.3 is 10.1 Å². The van der Waals surface area contributed by atoms with Crippen molar-refractivity contribution < 1.29 is 4.74 Å². The van der Waals surface area contributed by atoms with Crippen molar-refractivity contribution >= 4 is 11.8 Å². The molecular formula is C17H21NOS. The number of aryl methyl sites for hydroxylation is 1. The topological polar surface area (TPSA) is 21.3 Å². The summed E-state index contributed by atoms with van der Waals surface area (Å²) >= 11 is 1.79. The predicted molar refractivity (Wildman–Crippen MR) is 85.8 cm³/mol. The van der Waals surface area contributed by atoms with Crippen LogP contribution in [0.25, 0.3) is 0 Å². The van der Waals surface area contributed by atoms with E-state index in [9.17, 15) is 0 Å². The van der Waals surface area contributed by atoms with Crippen molar-refractivity contribution in [1.29, 1.82) is 0 Å². The van der Waals surface area contributed by atoms with Crippen LogP contribution in [0.5, 0.6) is 5.75 Å². The second-order valence-electron chi connectivity index (χ2n) is 4.75. The van der Waals surface area contributed by atoms with Crippen LogP contribution in [-0.2, 0) is 0 Å². The highest BCUT2D eigenvalue weighted by Gasteiger charge is 2.16. The maximum atomic E-state index is 5.52. The number of rotatable bonds is 5. The van der Waals surface area contributed by atoms with Crippen LogP contribution in [0.2, 0.25) is 0 Å². The molecule has 1 unspecified atom stereocenters. The van der Waals surface area contributed by atoms with Crippen molar-refractivity contribution in [3.8, 4) is 5.75 Å². The number of nitrogens with one attached hydrogen (secondary N) is 1. The van der Waals surface area contributed by atoms with Gasteiger partial charge in [0.05, 0.1) is 7.11 Å². The zero-order valence-electron chi connectivity index (χ0n) is 12.4. The zero-order valence-corrected chi connectivity index (χ0v) is 13.3. The molecule has 0 amide bonds. The lowest BCUT2D eigenvalue weighted by Crippen LogP contribution is -2.14. The van der Waals surface area contributed by atoms with Crippen molar-refractivity contribution in [2.24, 2.45) is 0 Å². The maximum absolute atomic E-state index is 5.52. The highest BCUT2D eigenvalue weighted by atomic mass is 32.2. The Morgan fingerprint density at radius 2 is 1.75 bits per heavy atom. The second-order valence-corrected chi connectivity index (χ2v) is 5.83. The summed E-state index contributed by atoms with van der Waals surface area (Å²) in [7, 11) is 3.70. The van der Waals surface area contributed by atoms with Crippen LogP contribution < -0.4 is 10.1 Å². The number of methoxy groups -OCH3 is 1. The molecule has 106 valence electrons. The van der Waals surface area contributed by atoms with E-state index in [4.69, 9.17) is 4.74 Å². The average Bonchev–Trinajstić information content (AvgIpc) is 2.48. The quantitative estimate of drug-likeness (QED) is 0.878. The summed E-state index contributed by atoms with van der Waals surface area (Å²) in [4.78, 5) is 2.52. The first-order valence-electron chi connectivity index (χ1n) is 6.75. The minimum absolute atomic E-state index is 0.248. The molecule has 20 heavy (non-hydrogen) atoms. The fourth-order valence-corrected chi connectivity index (χ4v) is 3.30. The summed E-state index contributed by atoms with van der Waals surface area (Å²) in [5.74, 6) is 0.936. The first-order valence-corrected chi connectivity index (χ1v) is 7.56. The molecule has 0 radical (unpaired) electrons. The van der Waals surface area contributed by atoms with Gasteiger partial charge in [-0.3, -0.25) is 0 Å². The molecule has 2 aromatic rings. The SMILES string of the molecule is CNC(C)c1c(OC)cccc1Sc1ccccc1C. The third kappa shape index (κ3) is 3.17. The van der Waals surface area contributed by atoms with Crippen LogP contribution in [0.3, 0.4) is 0 Å². The minimum Gasteiger partial charge on any atom is -0.496 e. The highest BCUT2D eigenvalue weighted by Crippen LogP contribution is 2.39. The molecule has 0 aliphatic rings. The lowest BCUT2D eigenvalue weighted by molar-refractivity contribution is 0.401. The van der Waals surface area contributed by atoms with E-state index >= 15 is 0 Å². The molecule has 3 heteroatoms. The summed E-state index contributed by atoms with van der Waals surface area (Å²) in [6, 6.07) is 14.9. The molecule has 0 bridgehead atoms. The summed E-state index contributed by atoms with van der Waals surface area (Å²) < 4.78 is 5.52. The number of ether oxygens (including phenoxy) is 1. The molecule has 1 N–H and O–H groups in total. The second kappa shape index (κ2) is 6.82. The van der Waals surface area contributed by atoms with Gasteiger partial charge in [0, 0.05) is 21.4 Å². The van der Waals surface area contributed by atoms with Crippen LogP contribution in [0, 0.1) is 6.92 Å². The van der Waals surface area contributed by atoms with E-state index in [0.29, 0.717) is 0 Å². The molecule has 1 atom stereocenters. The van der Waals surface area contributed by atoms with Gasteiger partial charge in [0.15, 0.2) is 0 Å². The Hall–Kier alpha value is -1.45. The fraction of sp³-hybridized carbons (Fsp3) is 0.294. The van der Waals surface area contributed by atoms with Crippen LogP contribution >= 0.6 is 11.8 Å². The Kier molecular flexibility index (Phi) is 5.10. The van der Waals surface area contributed by atoms with Gasteiger partial charge in [0.1, 0.15) is 5.75 Å². The third-order valence-electron chi connectivity index (χ3n) is 3.43. The van der Waals surface area contributed by atoms with Gasteiger partial charge in [-0.25, -0.2) is 0 Å². The minimum atomic E-state index is 0.248. The molecular weight excluding hydrogens is 266 g/mol. The Balaban J connectivity index is 2.43. The lowest BCUT2D eigenvalue weighted by atomic mass is 10.1. The summed E-state index contributed by atoms with van der Waals surface area (Å²) in [5, 5.41) is 3.30. The molecule has 0 saturated carbocycles. The summed E-state index contributed by atoms with van der Waals surface area (Å²) in [6.07, 6.45) is 0. The van der Waals surface area contributed by atoms with Crippen molar-refractivity contribution in [2.75, 3.05) is 14.2 Å². The Bertz CT molecular complexity index is 583. The third-order valence-corrected chi connectivity index (χ3v) is 4.68. The van der Waals surface area contributed by atoms with Gasteiger partial charge in [-0.05, 0) is 44.7 Å². The molecule has 0 heterocycles. The van der Waals surface area contributed by atoms with Gasteiger partial charge in [-0.2, -0.15) is 0 Å². The molecule has 2 nitrogen and oxygen atoms in total. The first kappa shape index (κ1) is 14.9. The molecule has 2 aromatic carbocycles. The van der Waals surface area contributed by atoms with E-state index in [1.165, 1.54) is 20.9 Å². The smallest absolute Gasteiger partial charge is 0.124 e. The molecule has 0 aliphatic heterocycles. The van der Waals surface area contributed by atoms with E-state index < -0.39 is 0 Å². The normalized spacial score (nSPS) is 12.2. The Labute approximate surface area is 125 Å². The number of hydrogen-bond acceptors (Lipinski definition) is 3.